The van der Waals surface area contributed by atoms with Gasteiger partial charge in [0.15, 0.2) is 0 Å². The van der Waals surface area contributed by atoms with Crippen molar-refractivity contribution in [2.45, 2.75) is 0 Å². The van der Waals surface area contributed by atoms with Crippen LogP contribution in [0.4, 0.5) is 0 Å². The molecule has 0 bridgehead atoms. The maximum atomic E-state index is 9.74. The second-order valence-corrected chi connectivity index (χ2v) is 11.6. The molecule has 214 valence electrons. The van der Waals surface area contributed by atoms with Crippen LogP contribution in [0.3, 0.4) is 0 Å². The van der Waals surface area contributed by atoms with Gasteiger partial charge in [-0.1, -0.05) is 103 Å². The number of hydrogen-bond acceptors (Lipinski definition) is 3. The smallest absolute Gasteiger partial charge is 0.143 e. The van der Waals surface area contributed by atoms with Gasteiger partial charge in [0.2, 0.25) is 0 Å². The fourth-order valence-corrected chi connectivity index (χ4v) is 6.79. The van der Waals surface area contributed by atoms with Gasteiger partial charge in [-0.3, -0.25) is 0 Å². The SMILES string of the molecule is N#Cc1cccc(-c2cc(-c3ccc4c(c3)oc3ccccc34)c(-c3ccccc3)c(-c3cccc4c3oc3ccccc34)c2)c1. The summed E-state index contributed by atoms with van der Waals surface area (Å²) in [7, 11) is 0. The Labute approximate surface area is 265 Å². The average molecular weight is 588 g/mol. The van der Waals surface area contributed by atoms with Crippen LogP contribution in [-0.4, -0.2) is 0 Å². The topological polar surface area (TPSA) is 50.1 Å². The van der Waals surface area contributed by atoms with Crippen LogP contribution in [-0.2, 0) is 0 Å². The van der Waals surface area contributed by atoms with Crippen LogP contribution < -0.4 is 0 Å². The second kappa shape index (κ2) is 10.4. The summed E-state index contributed by atoms with van der Waals surface area (Å²) in [4.78, 5) is 0. The molecular formula is C43H25NO2. The largest absolute Gasteiger partial charge is 0.456 e. The molecule has 46 heavy (non-hydrogen) atoms. The minimum absolute atomic E-state index is 0.621. The van der Waals surface area contributed by atoms with E-state index in [-0.39, 0.29) is 0 Å². The Kier molecular flexibility index (Phi) is 5.88. The van der Waals surface area contributed by atoms with Crippen LogP contribution in [0.2, 0.25) is 0 Å². The van der Waals surface area contributed by atoms with Gasteiger partial charge < -0.3 is 8.83 Å². The van der Waals surface area contributed by atoms with E-state index in [2.05, 4.69) is 103 Å². The number of nitriles is 1. The van der Waals surface area contributed by atoms with E-state index >= 15 is 0 Å². The number of hydrogen-bond donors (Lipinski definition) is 0. The van der Waals surface area contributed by atoms with Gasteiger partial charge in [0.1, 0.15) is 22.3 Å². The van der Waals surface area contributed by atoms with Crippen molar-refractivity contribution >= 4 is 43.9 Å². The fraction of sp³-hybridized carbons (Fsp3) is 0. The van der Waals surface area contributed by atoms with Gasteiger partial charge in [0, 0.05) is 27.1 Å². The predicted octanol–water partition coefficient (Wildman–Crippen LogP) is 12.0. The Balaban J connectivity index is 1.41. The van der Waals surface area contributed by atoms with E-state index in [0.29, 0.717) is 5.56 Å². The molecule has 0 fully saturated rings. The lowest BCUT2D eigenvalue weighted by Crippen LogP contribution is -1.94. The zero-order chi connectivity index (χ0) is 30.6. The van der Waals surface area contributed by atoms with Crippen LogP contribution in [0.15, 0.2) is 160 Å². The second-order valence-electron chi connectivity index (χ2n) is 11.6. The summed E-state index contributed by atoms with van der Waals surface area (Å²) in [5.41, 5.74) is 12.4. The van der Waals surface area contributed by atoms with E-state index in [1.165, 1.54) is 0 Å². The van der Waals surface area contributed by atoms with Gasteiger partial charge in [0.05, 0.1) is 11.6 Å². The standard InChI is InChI=1S/C43H25NO2/c44-26-27-10-8-13-29(22-27)31-23-37(30-20-21-34-32-14-4-6-18-39(32)45-41(34)25-30)42(28-11-2-1-3-12-28)38(24-31)36-17-9-16-35-33-15-5-7-19-40(33)46-43(35)36/h1-25H. The van der Waals surface area contributed by atoms with E-state index in [4.69, 9.17) is 8.83 Å². The molecule has 0 aliphatic carbocycles. The predicted molar refractivity (Wildman–Crippen MR) is 187 cm³/mol. The van der Waals surface area contributed by atoms with Gasteiger partial charge in [0.25, 0.3) is 0 Å². The van der Waals surface area contributed by atoms with Gasteiger partial charge in [-0.05, 0) is 87.5 Å². The fourth-order valence-electron chi connectivity index (χ4n) is 6.79. The first-order valence-electron chi connectivity index (χ1n) is 15.3. The number of nitrogens with zero attached hydrogens (tertiary/aromatic N) is 1. The lowest BCUT2D eigenvalue weighted by Gasteiger charge is -2.19. The van der Waals surface area contributed by atoms with Crippen LogP contribution in [0, 0.1) is 11.3 Å². The van der Waals surface area contributed by atoms with Crippen molar-refractivity contribution in [2.75, 3.05) is 0 Å². The van der Waals surface area contributed by atoms with E-state index < -0.39 is 0 Å². The van der Waals surface area contributed by atoms with Crippen molar-refractivity contribution in [2.24, 2.45) is 0 Å². The van der Waals surface area contributed by atoms with Crippen molar-refractivity contribution in [3.63, 3.8) is 0 Å². The molecule has 3 nitrogen and oxygen atoms in total. The minimum atomic E-state index is 0.621. The summed E-state index contributed by atoms with van der Waals surface area (Å²) in [6, 6.07) is 54.4. The molecule has 2 aromatic heterocycles. The highest BCUT2D eigenvalue weighted by Crippen LogP contribution is 2.47. The summed E-state index contributed by atoms with van der Waals surface area (Å²) in [5.74, 6) is 0. The molecule has 0 radical (unpaired) electrons. The van der Waals surface area contributed by atoms with Gasteiger partial charge in [-0.2, -0.15) is 5.26 Å². The molecular weight excluding hydrogens is 562 g/mol. The number of rotatable bonds is 4. The lowest BCUT2D eigenvalue weighted by atomic mass is 9.84. The number of furan rings is 2. The minimum Gasteiger partial charge on any atom is -0.456 e. The molecule has 9 aromatic rings. The van der Waals surface area contributed by atoms with Gasteiger partial charge in [-0.15, -0.1) is 0 Å². The Morgan fingerprint density at radius 3 is 1.87 bits per heavy atom. The molecule has 0 saturated carbocycles. The lowest BCUT2D eigenvalue weighted by molar-refractivity contribution is 0.669. The van der Waals surface area contributed by atoms with Crippen molar-refractivity contribution in [1.29, 1.82) is 5.26 Å². The molecule has 9 rings (SSSR count). The van der Waals surface area contributed by atoms with E-state index in [9.17, 15) is 5.26 Å². The van der Waals surface area contributed by atoms with E-state index in [1.807, 2.05) is 54.6 Å². The highest BCUT2D eigenvalue weighted by Gasteiger charge is 2.21. The summed E-state index contributed by atoms with van der Waals surface area (Å²) in [6.07, 6.45) is 0. The first kappa shape index (κ1) is 26.1. The third-order valence-electron chi connectivity index (χ3n) is 8.91. The van der Waals surface area contributed by atoms with Crippen molar-refractivity contribution in [3.8, 4) is 50.6 Å². The average Bonchev–Trinajstić information content (AvgIpc) is 3.69. The highest BCUT2D eigenvalue weighted by atomic mass is 16.3. The van der Waals surface area contributed by atoms with Crippen LogP contribution in [0.5, 0.6) is 0 Å². The molecule has 7 aromatic carbocycles. The van der Waals surface area contributed by atoms with Crippen LogP contribution in [0.25, 0.3) is 88.4 Å². The first-order chi connectivity index (χ1) is 22.7. The summed E-state index contributed by atoms with van der Waals surface area (Å²) in [6.45, 7) is 0. The molecule has 0 spiro atoms. The van der Waals surface area contributed by atoms with Gasteiger partial charge >= 0.3 is 0 Å². The number of para-hydroxylation sites is 3. The maximum Gasteiger partial charge on any atom is 0.143 e. The van der Waals surface area contributed by atoms with Gasteiger partial charge in [-0.25, -0.2) is 0 Å². The first-order valence-corrected chi connectivity index (χ1v) is 15.3. The molecule has 3 heteroatoms. The third-order valence-corrected chi connectivity index (χ3v) is 8.91. The summed E-state index contributed by atoms with van der Waals surface area (Å²) < 4.78 is 13.0. The Morgan fingerprint density at radius 2 is 1.04 bits per heavy atom. The number of fused-ring (bicyclic) bond motifs is 6. The molecule has 0 saturated heterocycles. The van der Waals surface area contributed by atoms with Crippen molar-refractivity contribution < 1.29 is 8.83 Å². The Hall–Kier alpha value is -6.37. The van der Waals surface area contributed by atoms with Crippen LogP contribution >= 0.6 is 0 Å². The zero-order valence-electron chi connectivity index (χ0n) is 24.7. The molecule has 2 heterocycles. The zero-order valence-corrected chi connectivity index (χ0v) is 24.7. The van der Waals surface area contributed by atoms with E-state index in [1.54, 1.807) is 0 Å². The summed E-state index contributed by atoms with van der Waals surface area (Å²) in [5, 5.41) is 14.1. The monoisotopic (exact) mass is 587 g/mol. The molecule has 0 unspecified atom stereocenters. The Morgan fingerprint density at radius 1 is 0.391 bits per heavy atom. The third kappa shape index (κ3) is 4.13. The quantitative estimate of drug-likeness (QED) is 0.206. The normalized spacial score (nSPS) is 11.5. The molecule has 0 atom stereocenters. The molecule has 0 amide bonds. The maximum absolute atomic E-state index is 9.74. The molecule has 0 aliphatic rings. The van der Waals surface area contributed by atoms with Crippen molar-refractivity contribution in [3.05, 3.63) is 157 Å². The molecule has 0 aliphatic heterocycles. The van der Waals surface area contributed by atoms with Crippen molar-refractivity contribution in [1.82, 2.24) is 0 Å². The van der Waals surface area contributed by atoms with E-state index in [0.717, 1.165) is 88.4 Å². The van der Waals surface area contributed by atoms with Crippen LogP contribution in [0.1, 0.15) is 5.56 Å². The molecule has 0 N–H and O–H groups in total. The highest BCUT2D eigenvalue weighted by molar-refractivity contribution is 6.12. The number of benzene rings is 7. The summed E-state index contributed by atoms with van der Waals surface area (Å²) >= 11 is 0. The Bertz CT molecular complexity index is 2650.